The summed E-state index contributed by atoms with van der Waals surface area (Å²) in [6, 6.07) is 37.6. The number of benzene rings is 4. The number of hydrogen-bond donors (Lipinski definition) is 0. The minimum absolute atomic E-state index is 0.695. The molecule has 0 saturated carbocycles. The Balaban J connectivity index is 1.67. The van der Waals surface area contributed by atoms with Crippen molar-refractivity contribution in [3.8, 4) is 11.1 Å². The van der Waals surface area contributed by atoms with Crippen LogP contribution in [0, 0.1) is 0 Å². The van der Waals surface area contributed by atoms with Crippen molar-refractivity contribution in [2.24, 2.45) is 4.99 Å². The third-order valence-electron chi connectivity index (χ3n) is 5.70. The lowest BCUT2D eigenvalue weighted by molar-refractivity contribution is 0.524. The maximum absolute atomic E-state index is 5.31. The van der Waals surface area contributed by atoms with Crippen molar-refractivity contribution < 1.29 is 0 Å². The van der Waals surface area contributed by atoms with Crippen LogP contribution in [0.3, 0.4) is 0 Å². The Kier molecular flexibility index (Phi) is 3.38. The second kappa shape index (κ2) is 6.08. The molecule has 4 aromatic carbocycles. The highest BCUT2D eigenvalue weighted by atomic mass is 15.6. The van der Waals surface area contributed by atoms with Gasteiger partial charge in [0.1, 0.15) is 0 Å². The third kappa shape index (κ3) is 2.21. The maximum atomic E-state index is 5.31. The lowest BCUT2D eigenvalue weighted by atomic mass is 9.96. The van der Waals surface area contributed by atoms with Crippen molar-refractivity contribution in [2.45, 2.75) is 5.66 Å². The normalized spacial score (nSPS) is 15.6. The molecule has 0 aromatic heterocycles. The van der Waals surface area contributed by atoms with Crippen molar-refractivity contribution >= 4 is 11.5 Å². The zero-order valence-corrected chi connectivity index (χ0v) is 15.7. The average Bonchev–Trinajstić information content (AvgIpc) is 3.34. The number of anilines is 1. The first kappa shape index (κ1) is 16.1. The Morgan fingerprint density at radius 1 is 0.552 bits per heavy atom. The van der Waals surface area contributed by atoms with E-state index in [2.05, 4.69) is 77.8 Å². The molecular weight excluding hydrogens is 354 g/mol. The number of fused-ring (bicyclic) bond motifs is 5. The van der Waals surface area contributed by atoms with E-state index in [1.54, 1.807) is 0 Å². The molecule has 0 N–H and O–H groups in total. The van der Waals surface area contributed by atoms with Crippen LogP contribution < -0.4 is 10.4 Å². The Morgan fingerprint density at radius 3 is 1.69 bits per heavy atom. The van der Waals surface area contributed by atoms with Crippen LogP contribution in [0.15, 0.2) is 114 Å². The molecule has 3 heteroatoms. The Labute approximate surface area is 169 Å². The lowest BCUT2D eigenvalue weighted by Crippen LogP contribution is -2.44. The van der Waals surface area contributed by atoms with Gasteiger partial charge in [-0.15, -0.1) is 5.43 Å². The Hall–Kier alpha value is -3.85. The Morgan fingerprint density at radius 2 is 1.07 bits per heavy atom. The topological polar surface area (TPSA) is 29.7 Å². The fraction of sp³-hybridized carbons (Fsp3) is 0.0385. The highest BCUT2D eigenvalue weighted by molar-refractivity contribution is 6.03. The molecule has 4 aromatic rings. The second-order valence-electron chi connectivity index (χ2n) is 7.31. The monoisotopic (exact) mass is 372 g/mol. The van der Waals surface area contributed by atoms with Crippen LogP contribution in [0.2, 0.25) is 0 Å². The molecule has 0 bridgehead atoms. The number of aliphatic imine (C=N–C) groups is 1. The van der Waals surface area contributed by atoms with E-state index in [-0.39, 0.29) is 0 Å². The summed E-state index contributed by atoms with van der Waals surface area (Å²) in [5, 5.41) is 2.08. The predicted octanol–water partition coefficient (Wildman–Crippen LogP) is 5.35. The molecule has 1 aliphatic heterocycles. The number of para-hydroxylation sites is 1. The standard InChI is InChI=1S/C26H18N3/c1-3-11-19(12-4-1)25-27-26(29(28-25)20-13-5-2-6-14-20)23-17-9-7-15-21(23)22-16-8-10-18-24(22)26/h1-18H. The van der Waals surface area contributed by atoms with Gasteiger partial charge >= 0.3 is 0 Å². The molecule has 3 nitrogen and oxygen atoms in total. The van der Waals surface area contributed by atoms with Crippen molar-refractivity contribution in [3.63, 3.8) is 0 Å². The minimum atomic E-state index is -0.695. The summed E-state index contributed by atoms with van der Waals surface area (Å²) in [6.45, 7) is 0. The molecule has 2 aliphatic rings. The second-order valence-corrected chi connectivity index (χ2v) is 7.31. The summed E-state index contributed by atoms with van der Waals surface area (Å²) < 4.78 is 0. The van der Waals surface area contributed by atoms with Crippen LogP contribution in [0.25, 0.3) is 11.1 Å². The predicted molar refractivity (Wildman–Crippen MR) is 117 cm³/mol. The molecule has 1 spiro atoms. The van der Waals surface area contributed by atoms with E-state index in [0.29, 0.717) is 0 Å². The average molecular weight is 372 g/mol. The summed E-state index contributed by atoms with van der Waals surface area (Å²) >= 11 is 0. The summed E-state index contributed by atoms with van der Waals surface area (Å²) in [5.41, 5.74) is 11.2. The molecule has 137 valence electrons. The zero-order valence-electron chi connectivity index (χ0n) is 15.7. The summed E-state index contributed by atoms with van der Waals surface area (Å²) in [5.74, 6) is 0.751. The molecule has 0 fully saturated rings. The number of amidine groups is 1. The van der Waals surface area contributed by atoms with Crippen LogP contribution in [0.4, 0.5) is 5.69 Å². The van der Waals surface area contributed by atoms with Crippen molar-refractivity contribution in [2.75, 3.05) is 5.01 Å². The van der Waals surface area contributed by atoms with Crippen molar-refractivity contribution in [3.05, 3.63) is 126 Å². The van der Waals surface area contributed by atoms with Gasteiger partial charge in [-0.3, -0.25) is 0 Å². The van der Waals surface area contributed by atoms with Gasteiger partial charge in [0.25, 0.3) is 0 Å². The fourth-order valence-corrected chi connectivity index (χ4v) is 4.45. The van der Waals surface area contributed by atoms with Crippen LogP contribution in [0.1, 0.15) is 16.7 Å². The van der Waals surface area contributed by atoms with E-state index in [0.717, 1.165) is 17.1 Å². The van der Waals surface area contributed by atoms with E-state index >= 15 is 0 Å². The molecule has 0 amide bonds. The molecule has 29 heavy (non-hydrogen) atoms. The van der Waals surface area contributed by atoms with Gasteiger partial charge < -0.3 is 0 Å². The Bertz CT molecular complexity index is 1180. The van der Waals surface area contributed by atoms with E-state index in [4.69, 9.17) is 10.4 Å². The lowest BCUT2D eigenvalue weighted by Gasteiger charge is -2.34. The van der Waals surface area contributed by atoms with E-state index in [1.165, 1.54) is 22.3 Å². The van der Waals surface area contributed by atoms with E-state index in [1.807, 2.05) is 36.4 Å². The highest BCUT2D eigenvalue weighted by Gasteiger charge is 2.53. The molecule has 1 heterocycles. The number of rotatable bonds is 2. The van der Waals surface area contributed by atoms with Crippen LogP contribution in [-0.2, 0) is 5.66 Å². The first-order valence-corrected chi connectivity index (χ1v) is 9.79. The third-order valence-corrected chi connectivity index (χ3v) is 5.70. The van der Waals surface area contributed by atoms with Crippen LogP contribution >= 0.6 is 0 Å². The molecule has 0 unspecified atom stereocenters. The fourth-order valence-electron chi connectivity index (χ4n) is 4.45. The van der Waals surface area contributed by atoms with Gasteiger partial charge in [-0.2, -0.15) is 0 Å². The van der Waals surface area contributed by atoms with Gasteiger partial charge in [-0.05, 0) is 23.3 Å². The van der Waals surface area contributed by atoms with Gasteiger partial charge in [0, 0.05) is 16.7 Å². The van der Waals surface area contributed by atoms with Gasteiger partial charge in [-0.1, -0.05) is 97.1 Å². The summed E-state index contributed by atoms with van der Waals surface area (Å²) in [4.78, 5) is 5.31. The molecule has 0 saturated heterocycles. The van der Waals surface area contributed by atoms with Gasteiger partial charge in [-0.25, -0.2) is 10.0 Å². The number of hydrogen-bond acceptors (Lipinski definition) is 2. The van der Waals surface area contributed by atoms with Gasteiger partial charge in [0.2, 0.25) is 5.66 Å². The van der Waals surface area contributed by atoms with E-state index in [9.17, 15) is 0 Å². The highest BCUT2D eigenvalue weighted by Crippen LogP contribution is 2.54. The number of nitrogens with zero attached hydrogens (tertiary/aromatic N) is 3. The van der Waals surface area contributed by atoms with Crippen molar-refractivity contribution in [1.82, 2.24) is 5.43 Å². The van der Waals surface area contributed by atoms with E-state index < -0.39 is 5.66 Å². The molecule has 1 radical (unpaired) electrons. The minimum Gasteiger partial charge on any atom is -0.227 e. The van der Waals surface area contributed by atoms with Crippen molar-refractivity contribution in [1.29, 1.82) is 0 Å². The van der Waals surface area contributed by atoms with Crippen LogP contribution in [-0.4, -0.2) is 5.84 Å². The van der Waals surface area contributed by atoms with Crippen LogP contribution in [0.5, 0.6) is 0 Å². The SMILES string of the molecule is c1ccc(C2=NC3(c4ccccc4-c4ccccc43)N(c3ccccc3)[N]2)cc1. The quantitative estimate of drug-likeness (QED) is 0.466. The molecule has 0 atom stereocenters. The first-order chi connectivity index (χ1) is 14.4. The zero-order chi connectivity index (χ0) is 19.3. The van der Waals surface area contributed by atoms with Gasteiger partial charge in [0.05, 0.1) is 5.69 Å². The molecular formula is C26H18N3. The largest absolute Gasteiger partial charge is 0.227 e. The molecule has 6 rings (SSSR count). The van der Waals surface area contributed by atoms with Gasteiger partial charge in [0.15, 0.2) is 5.84 Å². The smallest absolute Gasteiger partial charge is 0.207 e. The summed E-state index contributed by atoms with van der Waals surface area (Å²) in [7, 11) is 0. The molecule has 1 aliphatic carbocycles. The summed E-state index contributed by atoms with van der Waals surface area (Å²) in [6.07, 6.45) is 0. The maximum Gasteiger partial charge on any atom is 0.207 e. The first-order valence-electron chi connectivity index (χ1n) is 9.79.